The summed E-state index contributed by atoms with van der Waals surface area (Å²) >= 11 is 0. The third-order valence-corrected chi connectivity index (χ3v) is 2.02. The lowest BCUT2D eigenvalue weighted by atomic mass is 10.2. The van der Waals surface area contributed by atoms with Crippen LogP contribution >= 0.6 is 0 Å². The molecular formula is C10H14N4O3. The second-order valence-corrected chi connectivity index (χ2v) is 3.29. The molecule has 5 N–H and O–H groups in total. The Morgan fingerprint density at radius 2 is 2.24 bits per heavy atom. The Morgan fingerprint density at radius 3 is 2.82 bits per heavy atom. The Kier molecular flexibility index (Phi) is 4.27. The van der Waals surface area contributed by atoms with E-state index in [0.29, 0.717) is 12.4 Å². The fourth-order valence-electron chi connectivity index (χ4n) is 1.16. The van der Waals surface area contributed by atoms with Crippen LogP contribution in [0.5, 0.6) is 0 Å². The molecule has 0 aliphatic rings. The van der Waals surface area contributed by atoms with Crippen molar-refractivity contribution in [3.8, 4) is 0 Å². The van der Waals surface area contributed by atoms with E-state index in [1.807, 2.05) is 0 Å². The molecule has 7 nitrogen and oxygen atoms in total. The van der Waals surface area contributed by atoms with Gasteiger partial charge >= 0.3 is 5.97 Å². The van der Waals surface area contributed by atoms with Crippen LogP contribution in [0.25, 0.3) is 0 Å². The number of carbonyl (C=O) groups excluding carboxylic acids is 2. The largest absolute Gasteiger partial charge is 0.465 e. The third-order valence-electron chi connectivity index (χ3n) is 2.02. The van der Waals surface area contributed by atoms with Gasteiger partial charge in [0.2, 0.25) is 5.91 Å². The van der Waals surface area contributed by atoms with Crippen LogP contribution in [0, 0.1) is 0 Å². The van der Waals surface area contributed by atoms with Gasteiger partial charge in [0, 0.05) is 13.0 Å². The lowest BCUT2D eigenvalue weighted by Gasteiger charge is -2.07. The molecule has 1 amide bonds. The number of anilines is 2. The Hall–Kier alpha value is -2.31. The van der Waals surface area contributed by atoms with Crippen molar-refractivity contribution in [1.82, 2.24) is 4.98 Å². The molecular weight excluding hydrogens is 224 g/mol. The number of nitrogen functional groups attached to an aromatic ring is 1. The smallest absolute Gasteiger partial charge is 0.340 e. The van der Waals surface area contributed by atoms with Gasteiger partial charge in [-0.15, -0.1) is 0 Å². The molecule has 0 radical (unpaired) electrons. The molecule has 1 rings (SSSR count). The fourth-order valence-corrected chi connectivity index (χ4v) is 1.16. The maximum Gasteiger partial charge on any atom is 0.340 e. The first kappa shape index (κ1) is 12.8. The first-order valence-electron chi connectivity index (χ1n) is 4.90. The summed E-state index contributed by atoms with van der Waals surface area (Å²) in [5.74, 6) is -0.523. The summed E-state index contributed by atoms with van der Waals surface area (Å²) in [6, 6.07) is 1.46. The van der Waals surface area contributed by atoms with Crippen molar-refractivity contribution in [3.63, 3.8) is 0 Å². The summed E-state index contributed by atoms with van der Waals surface area (Å²) in [6.07, 6.45) is 1.53. The quantitative estimate of drug-likeness (QED) is 0.608. The zero-order chi connectivity index (χ0) is 12.8. The predicted molar refractivity (Wildman–Crippen MR) is 62.3 cm³/mol. The van der Waals surface area contributed by atoms with Crippen LogP contribution < -0.4 is 16.8 Å². The van der Waals surface area contributed by atoms with Crippen molar-refractivity contribution in [2.75, 3.05) is 24.7 Å². The Labute approximate surface area is 98.1 Å². The van der Waals surface area contributed by atoms with Crippen LogP contribution in [0.15, 0.2) is 12.3 Å². The monoisotopic (exact) mass is 238 g/mol. The van der Waals surface area contributed by atoms with Crippen molar-refractivity contribution in [1.29, 1.82) is 0 Å². The van der Waals surface area contributed by atoms with Crippen LogP contribution in [0.1, 0.15) is 16.8 Å². The van der Waals surface area contributed by atoms with Gasteiger partial charge in [0.15, 0.2) is 0 Å². The maximum atomic E-state index is 11.3. The highest BCUT2D eigenvalue weighted by atomic mass is 16.5. The molecule has 0 atom stereocenters. The van der Waals surface area contributed by atoms with E-state index in [9.17, 15) is 9.59 Å². The zero-order valence-corrected chi connectivity index (χ0v) is 9.40. The number of nitrogens with zero attached hydrogens (tertiary/aromatic N) is 1. The van der Waals surface area contributed by atoms with E-state index in [2.05, 4.69) is 15.0 Å². The van der Waals surface area contributed by atoms with Crippen molar-refractivity contribution in [2.24, 2.45) is 5.73 Å². The molecule has 0 aromatic carbocycles. The summed E-state index contributed by atoms with van der Waals surface area (Å²) in [7, 11) is 1.27. The standard InChI is InChI=1S/C10H14N4O3/c1-17-10(16)6-4-9(14-5-7(6)11)13-3-2-8(12)15/h4-5H,2-3,11H2,1H3,(H2,12,15)(H,13,14). The van der Waals surface area contributed by atoms with Gasteiger partial charge in [-0.1, -0.05) is 0 Å². The van der Waals surface area contributed by atoms with Gasteiger partial charge in [-0.3, -0.25) is 4.79 Å². The molecule has 1 heterocycles. The minimum atomic E-state index is -0.539. The van der Waals surface area contributed by atoms with Crippen LogP contribution in [0.3, 0.4) is 0 Å². The highest BCUT2D eigenvalue weighted by Gasteiger charge is 2.11. The molecule has 0 fully saturated rings. The number of aromatic nitrogens is 1. The maximum absolute atomic E-state index is 11.3. The fraction of sp³-hybridized carbons (Fsp3) is 0.300. The highest BCUT2D eigenvalue weighted by Crippen LogP contribution is 2.15. The van der Waals surface area contributed by atoms with Crippen LogP contribution in [0.2, 0.25) is 0 Å². The van der Waals surface area contributed by atoms with E-state index < -0.39 is 11.9 Å². The summed E-state index contributed by atoms with van der Waals surface area (Å²) in [5, 5.41) is 2.85. The SMILES string of the molecule is COC(=O)c1cc(NCCC(N)=O)ncc1N. The number of pyridine rings is 1. The van der Waals surface area contributed by atoms with E-state index >= 15 is 0 Å². The van der Waals surface area contributed by atoms with Crippen molar-refractivity contribution in [2.45, 2.75) is 6.42 Å². The molecule has 1 aromatic heterocycles. The molecule has 7 heteroatoms. The average molecular weight is 238 g/mol. The Morgan fingerprint density at radius 1 is 1.53 bits per heavy atom. The summed E-state index contributed by atoms with van der Waals surface area (Å²) < 4.78 is 4.57. The third kappa shape index (κ3) is 3.63. The van der Waals surface area contributed by atoms with E-state index in [1.54, 1.807) is 0 Å². The number of ether oxygens (including phenoxy) is 1. The van der Waals surface area contributed by atoms with Gasteiger partial charge in [-0.25, -0.2) is 9.78 Å². The van der Waals surface area contributed by atoms with E-state index in [4.69, 9.17) is 11.5 Å². The Balaban J connectivity index is 2.75. The van der Waals surface area contributed by atoms with Gasteiger partial charge in [-0.05, 0) is 6.07 Å². The molecule has 1 aromatic rings. The van der Waals surface area contributed by atoms with Gasteiger partial charge < -0.3 is 21.5 Å². The lowest BCUT2D eigenvalue weighted by molar-refractivity contribution is -0.117. The predicted octanol–water partition coefficient (Wildman–Crippen LogP) is -0.262. The summed E-state index contributed by atoms with van der Waals surface area (Å²) in [5.41, 5.74) is 11.0. The number of nitrogens with two attached hydrogens (primary N) is 2. The summed E-state index contributed by atoms with van der Waals surface area (Å²) in [6.45, 7) is 0.340. The molecule has 0 unspecified atom stereocenters. The summed E-state index contributed by atoms with van der Waals surface area (Å²) in [4.78, 5) is 25.8. The van der Waals surface area contributed by atoms with E-state index in [1.165, 1.54) is 19.4 Å². The molecule has 92 valence electrons. The van der Waals surface area contributed by atoms with Crippen LogP contribution in [-0.2, 0) is 9.53 Å². The van der Waals surface area contributed by atoms with Crippen molar-refractivity contribution >= 4 is 23.4 Å². The lowest BCUT2D eigenvalue weighted by Crippen LogP contribution is -2.16. The number of carbonyl (C=O) groups is 2. The number of hydrogen-bond acceptors (Lipinski definition) is 6. The first-order chi connectivity index (χ1) is 8.04. The number of amides is 1. The molecule has 0 saturated heterocycles. The number of primary amides is 1. The van der Waals surface area contributed by atoms with Gasteiger partial charge in [0.1, 0.15) is 5.82 Å². The molecule has 17 heavy (non-hydrogen) atoms. The normalized spacial score (nSPS) is 9.71. The van der Waals surface area contributed by atoms with E-state index in [0.717, 1.165) is 0 Å². The highest BCUT2D eigenvalue weighted by molar-refractivity contribution is 5.95. The van der Waals surface area contributed by atoms with Gasteiger partial charge in [0.25, 0.3) is 0 Å². The number of nitrogens with one attached hydrogen (secondary N) is 1. The molecule has 0 bridgehead atoms. The number of rotatable bonds is 5. The zero-order valence-electron chi connectivity index (χ0n) is 9.40. The van der Waals surface area contributed by atoms with Crippen molar-refractivity contribution < 1.29 is 14.3 Å². The average Bonchev–Trinajstić information content (AvgIpc) is 2.30. The number of hydrogen-bond donors (Lipinski definition) is 3. The minimum Gasteiger partial charge on any atom is -0.465 e. The molecule has 0 aliphatic heterocycles. The molecule has 0 saturated carbocycles. The van der Waals surface area contributed by atoms with E-state index in [-0.39, 0.29) is 17.7 Å². The molecule has 0 aliphatic carbocycles. The number of esters is 1. The van der Waals surface area contributed by atoms with Crippen LogP contribution in [-0.4, -0.2) is 30.5 Å². The van der Waals surface area contributed by atoms with Crippen molar-refractivity contribution in [3.05, 3.63) is 17.8 Å². The first-order valence-corrected chi connectivity index (χ1v) is 4.90. The second kappa shape index (κ2) is 5.69. The second-order valence-electron chi connectivity index (χ2n) is 3.29. The Bertz CT molecular complexity index is 434. The van der Waals surface area contributed by atoms with Gasteiger partial charge in [-0.2, -0.15) is 0 Å². The molecule has 0 spiro atoms. The van der Waals surface area contributed by atoms with Crippen LogP contribution in [0.4, 0.5) is 11.5 Å². The van der Waals surface area contributed by atoms with Gasteiger partial charge in [0.05, 0.1) is 24.6 Å². The minimum absolute atomic E-state index is 0.180. The topological polar surface area (TPSA) is 120 Å². The number of methoxy groups -OCH3 is 1.